The van der Waals surface area contributed by atoms with Crippen LogP contribution >= 0.6 is 0 Å². The molecule has 1 aliphatic carbocycles. The standard InChI is InChI=1S/C37H50O5/c1-5-8-9-10-28-11-13-31(14-12-28)32-15-17-35(30(7-3)23-32)33-16-18-36(41-21-19-29(25-38)26-39)34(24-33)20-22-42-37(40)27(4)6-2/h11-18,24,29-30,38-39H,4-10,19-23,25-26H2,1-3H3. The Balaban J connectivity index is 1.81. The molecule has 2 aromatic carbocycles. The van der Waals surface area contributed by atoms with E-state index in [1.54, 1.807) is 0 Å². The van der Waals surface area contributed by atoms with E-state index < -0.39 is 0 Å². The molecule has 1 unspecified atom stereocenters. The number of hydrogen-bond donors (Lipinski definition) is 2. The molecule has 42 heavy (non-hydrogen) atoms. The fourth-order valence-electron chi connectivity index (χ4n) is 5.32. The van der Waals surface area contributed by atoms with Crippen LogP contribution in [0.3, 0.4) is 0 Å². The third-order valence-corrected chi connectivity index (χ3v) is 8.27. The number of aryl methyl sites for hydroxylation is 1. The number of esters is 1. The fourth-order valence-corrected chi connectivity index (χ4v) is 5.32. The van der Waals surface area contributed by atoms with Gasteiger partial charge in [-0.15, -0.1) is 0 Å². The van der Waals surface area contributed by atoms with Gasteiger partial charge in [-0.3, -0.25) is 0 Å². The quantitative estimate of drug-likeness (QED) is 0.108. The van der Waals surface area contributed by atoms with Crippen molar-refractivity contribution in [3.8, 4) is 5.75 Å². The molecule has 0 aliphatic heterocycles. The lowest BCUT2D eigenvalue weighted by molar-refractivity contribution is -0.139. The smallest absolute Gasteiger partial charge is 0.333 e. The van der Waals surface area contributed by atoms with Gasteiger partial charge in [-0.2, -0.15) is 0 Å². The van der Waals surface area contributed by atoms with Crippen LogP contribution in [0.1, 0.15) is 88.0 Å². The first-order chi connectivity index (χ1) is 20.4. The Kier molecular flexibility index (Phi) is 14.1. The molecule has 0 radical (unpaired) electrons. The maximum absolute atomic E-state index is 12.2. The van der Waals surface area contributed by atoms with E-state index in [1.807, 2.05) is 13.0 Å². The van der Waals surface area contributed by atoms with Crippen LogP contribution < -0.4 is 4.74 Å². The van der Waals surface area contributed by atoms with E-state index in [1.165, 1.54) is 41.5 Å². The molecule has 2 aromatic rings. The Hall–Kier alpha value is -3.15. The summed E-state index contributed by atoms with van der Waals surface area (Å²) in [5.74, 6) is 0.565. The van der Waals surface area contributed by atoms with Crippen molar-refractivity contribution in [3.63, 3.8) is 0 Å². The molecule has 5 nitrogen and oxygen atoms in total. The van der Waals surface area contributed by atoms with E-state index in [2.05, 4.69) is 69.0 Å². The minimum Gasteiger partial charge on any atom is -0.493 e. The van der Waals surface area contributed by atoms with Crippen LogP contribution in [-0.2, 0) is 22.4 Å². The fraction of sp³-hybridized carbons (Fsp3) is 0.486. The van der Waals surface area contributed by atoms with Crippen molar-refractivity contribution in [2.24, 2.45) is 11.8 Å². The largest absolute Gasteiger partial charge is 0.493 e. The van der Waals surface area contributed by atoms with Gasteiger partial charge in [0, 0.05) is 31.1 Å². The lowest BCUT2D eigenvalue weighted by Gasteiger charge is -2.26. The lowest BCUT2D eigenvalue weighted by Crippen LogP contribution is -2.15. The Morgan fingerprint density at radius 1 is 0.952 bits per heavy atom. The van der Waals surface area contributed by atoms with Crippen LogP contribution in [0.25, 0.3) is 11.1 Å². The summed E-state index contributed by atoms with van der Waals surface area (Å²) in [7, 11) is 0. The van der Waals surface area contributed by atoms with Crippen molar-refractivity contribution in [2.45, 2.75) is 78.6 Å². The van der Waals surface area contributed by atoms with Crippen molar-refractivity contribution >= 4 is 17.1 Å². The highest BCUT2D eigenvalue weighted by Gasteiger charge is 2.21. The number of aliphatic hydroxyl groups excluding tert-OH is 2. The highest BCUT2D eigenvalue weighted by atomic mass is 16.5. The second-order valence-electron chi connectivity index (χ2n) is 11.3. The van der Waals surface area contributed by atoms with E-state index in [9.17, 15) is 15.0 Å². The number of carbonyl (C=O) groups is 1. The molecule has 0 aromatic heterocycles. The van der Waals surface area contributed by atoms with Gasteiger partial charge < -0.3 is 19.7 Å². The Labute approximate surface area is 253 Å². The topological polar surface area (TPSA) is 76.0 Å². The number of aliphatic hydroxyl groups is 2. The maximum Gasteiger partial charge on any atom is 0.333 e. The molecule has 1 aliphatic rings. The number of unbranched alkanes of at least 4 members (excludes halogenated alkanes) is 2. The Morgan fingerprint density at radius 3 is 2.36 bits per heavy atom. The van der Waals surface area contributed by atoms with Gasteiger partial charge in [0.1, 0.15) is 5.75 Å². The predicted octanol–water partition coefficient (Wildman–Crippen LogP) is 7.74. The molecule has 0 spiro atoms. The molecule has 0 fully saturated rings. The van der Waals surface area contributed by atoms with Crippen molar-refractivity contribution in [2.75, 3.05) is 26.4 Å². The van der Waals surface area contributed by atoms with Crippen molar-refractivity contribution in [1.29, 1.82) is 0 Å². The van der Waals surface area contributed by atoms with Crippen LogP contribution in [0.15, 0.2) is 66.8 Å². The molecule has 0 bridgehead atoms. The molecule has 2 N–H and O–H groups in total. The second kappa shape index (κ2) is 17.7. The zero-order valence-electron chi connectivity index (χ0n) is 25.9. The highest BCUT2D eigenvalue weighted by molar-refractivity contribution is 5.87. The van der Waals surface area contributed by atoms with Crippen LogP contribution in [0, 0.1) is 11.8 Å². The van der Waals surface area contributed by atoms with Gasteiger partial charge in [-0.1, -0.05) is 82.7 Å². The predicted molar refractivity (Wildman–Crippen MR) is 172 cm³/mol. The molecule has 0 saturated heterocycles. The molecule has 0 saturated carbocycles. The highest BCUT2D eigenvalue weighted by Crippen LogP contribution is 2.39. The van der Waals surface area contributed by atoms with Crippen LogP contribution in [0.5, 0.6) is 5.75 Å². The molecule has 5 heteroatoms. The lowest BCUT2D eigenvalue weighted by atomic mass is 9.79. The normalized spacial score (nSPS) is 14.9. The minimum absolute atomic E-state index is 0.0753. The van der Waals surface area contributed by atoms with Gasteiger partial charge >= 0.3 is 5.97 Å². The summed E-state index contributed by atoms with van der Waals surface area (Å²) in [5.41, 5.74) is 7.97. The molecule has 0 amide bonds. The summed E-state index contributed by atoms with van der Waals surface area (Å²) in [6.07, 6.45) is 13.1. The van der Waals surface area contributed by atoms with Crippen LogP contribution in [0.2, 0.25) is 0 Å². The van der Waals surface area contributed by atoms with E-state index in [-0.39, 0.29) is 31.7 Å². The number of hydrogen-bond acceptors (Lipinski definition) is 5. The second-order valence-corrected chi connectivity index (χ2v) is 11.3. The summed E-state index contributed by atoms with van der Waals surface area (Å²) >= 11 is 0. The number of benzene rings is 2. The number of allylic oxidation sites excluding steroid dienone is 4. The van der Waals surface area contributed by atoms with Crippen molar-refractivity contribution in [1.82, 2.24) is 0 Å². The number of ether oxygens (including phenoxy) is 2. The van der Waals surface area contributed by atoms with Gasteiger partial charge in [-0.25, -0.2) is 4.79 Å². The van der Waals surface area contributed by atoms with Gasteiger partial charge in [0.2, 0.25) is 0 Å². The van der Waals surface area contributed by atoms with Gasteiger partial charge in [0.15, 0.2) is 0 Å². The third kappa shape index (κ3) is 9.71. The van der Waals surface area contributed by atoms with Gasteiger partial charge in [0.05, 0.1) is 13.2 Å². The Bertz CT molecular complexity index is 1200. The first-order valence-electron chi connectivity index (χ1n) is 15.8. The molecular formula is C37H50O5. The van der Waals surface area contributed by atoms with Gasteiger partial charge in [-0.05, 0) is 90.0 Å². The van der Waals surface area contributed by atoms with E-state index in [0.717, 1.165) is 36.1 Å². The number of carbonyl (C=O) groups excluding carboxylic acids is 1. The number of rotatable bonds is 18. The third-order valence-electron chi connectivity index (χ3n) is 8.27. The maximum atomic E-state index is 12.2. The SMILES string of the molecule is C=C(CC)C(=O)OCCc1cc(C2=CC=C(c3ccc(CCCCC)cc3)CC2CC)ccc1OCCC(CO)CO. The van der Waals surface area contributed by atoms with E-state index in [0.29, 0.717) is 37.4 Å². The molecular weight excluding hydrogens is 524 g/mol. The van der Waals surface area contributed by atoms with Gasteiger partial charge in [0.25, 0.3) is 0 Å². The van der Waals surface area contributed by atoms with Crippen molar-refractivity contribution < 1.29 is 24.5 Å². The summed E-state index contributed by atoms with van der Waals surface area (Å²) in [6.45, 7) is 10.6. The zero-order valence-corrected chi connectivity index (χ0v) is 25.9. The molecule has 0 heterocycles. The van der Waals surface area contributed by atoms with Crippen LogP contribution in [0.4, 0.5) is 0 Å². The average molecular weight is 575 g/mol. The monoisotopic (exact) mass is 574 g/mol. The summed E-state index contributed by atoms with van der Waals surface area (Å²) < 4.78 is 11.6. The molecule has 228 valence electrons. The van der Waals surface area contributed by atoms with Crippen LogP contribution in [-0.4, -0.2) is 42.6 Å². The molecule has 1 atom stereocenters. The molecule has 3 rings (SSSR count). The summed E-state index contributed by atoms with van der Waals surface area (Å²) in [6, 6.07) is 15.4. The Morgan fingerprint density at radius 2 is 1.69 bits per heavy atom. The zero-order chi connectivity index (χ0) is 30.3. The van der Waals surface area contributed by atoms with E-state index >= 15 is 0 Å². The average Bonchev–Trinajstić information content (AvgIpc) is 3.03. The first-order valence-corrected chi connectivity index (χ1v) is 15.8. The summed E-state index contributed by atoms with van der Waals surface area (Å²) in [4.78, 5) is 12.2. The first kappa shape index (κ1) is 33.4. The van der Waals surface area contributed by atoms with E-state index in [4.69, 9.17) is 9.47 Å². The van der Waals surface area contributed by atoms with Crippen molar-refractivity contribution in [3.05, 3.63) is 89.0 Å². The summed E-state index contributed by atoms with van der Waals surface area (Å²) in [5, 5.41) is 18.8. The minimum atomic E-state index is -0.363.